The smallest absolute Gasteiger partial charge is 0.319 e. The number of anilines is 1. The average Bonchev–Trinajstić information content (AvgIpc) is 3.08. The van der Waals surface area contributed by atoms with Crippen molar-refractivity contribution < 1.29 is 9.53 Å². The van der Waals surface area contributed by atoms with Gasteiger partial charge in [0.25, 0.3) is 0 Å². The number of ether oxygens (including phenoxy) is 1. The number of hydrogen-bond donors (Lipinski definition) is 2. The van der Waals surface area contributed by atoms with Crippen LogP contribution >= 0.6 is 0 Å². The predicted octanol–water partition coefficient (Wildman–Crippen LogP) is 0.857. The molecule has 2 aliphatic heterocycles. The Balaban J connectivity index is 1.30. The van der Waals surface area contributed by atoms with Gasteiger partial charge in [-0.3, -0.25) is 9.88 Å². The summed E-state index contributed by atoms with van der Waals surface area (Å²) in [5.41, 5.74) is 0.765. The van der Waals surface area contributed by atoms with Crippen molar-refractivity contribution >= 4 is 11.7 Å². The lowest BCUT2D eigenvalue weighted by atomic mass is 10.1. The number of morpholine rings is 1. The van der Waals surface area contributed by atoms with Crippen LogP contribution in [-0.4, -0.2) is 79.8 Å². The van der Waals surface area contributed by atoms with Gasteiger partial charge in [0.2, 0.25) is 0 Å². The van der Waals surface area contributed by atoms with Crippen molar-refractivity contribution in [3.63, 3.8) is 0 Å². The van der Waals surface area contributed by atoms with Gasteiger partial charge in [0.05, 0.1) is 13.2 Å². The van der Waals surface area contributed by atoms with Crippen LogP contribution in [0, 0.1) is 5.92 Å². The Kier molecular flexibility index (Phi) is 6.40. The van der Waals surface area contributed by atoms with Gasteiger partial charge in [0.1, 0.15) is 0 Å². The Bertz CT molecular complexity index is 507. The molecule has 132 valence electrons. The molecule has 24 heavy (non-hydrogen) atoms. The normalized spacial score (nSPS) is 22.4. The van der Waals surface area contributed by atoms with E-state index in [-0.39, 0.29) is 6.03 Å². The molecule has 1 aromatic heterocycles. The molecule has 1 unspecified atom stereocenters. The molecule has 2 aliphatic rings. The third-order valence-electron chi connectivity index (χ3n) is 4.70. The van der Waals surface area contributed by atoms with Crippen LogP contribution in [0.4, 0.5) is 10.5 Å². The first-order valence-corrected chi connectivity index (χ1v) is 8.77. The summed E-state index contributed by atoms with van der Waals surface area (Å²) in [7, 11) is 0. The number of aromatic nitrogens is 1. The lowest BCUT2D eigenvalue weighted by molar-refractivity contribution is 0.0343. The maximum atomic E-state index is 11.9. The zero-order valence-corrected chi connectivity index (χ0v) is 14.1. The maximum absolute atomic E-state index is 11.9. The Labute approximate surface area is 143 Å². The van der Waals surface area contributed by atoms with Gasteiger partial charge in [0, 0.05) is 57.3 Å². The van der Waals surface area contributed by atoms with Crippen molar-refractivity contribution in [2.24, 2.45) is 5.92 Å². The first-order valence-electron chi connectivity index (χ1n) is 8.77. The number of urea groups is 1. The van der Waals surface area contributed by atoms with Crippen molar-refractivity contribution in [2.75, 3.05) is 64.3 Å². The molecule has 7 heteroatoms. The Morgan fingerprint density at radius 1 is 1.17 bits per heavy atom. The van der Waals surface area contributed by atoms with E-state index in [0.717, 1.165) is 71.1 Å². The third kappa shape index (κ3) is 5.43. The quantitative estimate of drug-likeness (QED) is 0.808. The zero-order valence-electron chi connectivity index (χ0n) is 14.1. The monoisotopic (exact) mass is 333 g/mol. The molecule has 0 saturated carbocycles. The fourth-order valence-electron chi connectivity index (χ4n) is 3.24. The minimum Gasteiger partial charge on any atom is -0.379 e. The number of nitrogens with zero attached hydrogens (tertiary/aromatic N) is 3. The number of amides is 2. The summed E-state index contributed by atoms with van der Waals surface area (Å²) in [4.78, 5) is 20.8. The summed E-state index contributed by atoms with van der Waals surface area (Å²) in [5.74, 6) is 0.540. The van der Waals surface area contributed by atoms with Crippen LogP contribution in [-0.2, 0) is 4.74 Å². The van der Waals surface area contributed by atoms with E-state index in [4.69, 9.17) is 4.74 Å². The highest BCUT2D eigenvalue weighted by Gasteiger charge is 2.23. The minimum atomic E-state index is -0.145. The molecule has 2 fully saturated rings. The first kappa shape index (κ1) is 17.1. The molecule has 0 spiro atoms. The lowest BCUT2D eigenvalue weighted by Crippen LogP contribution is -2.41. The van der Waals surface area contributed by atoms with Crippen molar-refractivity contribution in [3.8, 4) is 0 Å². The number of likely N-dealkylation sites (tertiary alicyclic amines) is 1. The molecule has 2 N–H and O–H groups in total. The summed E-state index contributed by atoms with van der Waals surface area (Å²) in [5, 5.41) is 5.80. The molecule has 0 aromatic carbocycles. The van der Waals surface area contributed by atoms with Crippen LogP contribution in [0.1, 0.15) is 6.42 Å². The van der Waals surface area contributed by atoms with E-state index in [1.807, 2.05) is 0 Å². The standard InChI is InChI=1S/C17H27N5O2/c23-17(20-16-1-4-18-5-2-16)19-13-15-3-6-22(14-15)8-7-21-9-11-24-12-10-21/h1-2,4-5,15H,3,6-14H2,(H2,18,19,20,23). The lowest BCUT2D eigenvalue weighted by Gasteiger charge is -2.28. The highest BCUT2D eigenvalue weighted by molar-refractivity contribution is 5.89. The van der Waals surface area contributed by atoms with Crippen molar-refractivity contribution in [2.45, 2.75) is 6.42 Å². The van der Waals surface area contributed by atoms with Gasteiger partial charge in [-0.2, -0.15) is 0 Å². The fraction of sp³-hybridized carbons (Fsp3) is 0.647. The Morgan fingerprint density at radius 3 is 2.71 bits per heavy atom. The van der Waals surface area contributed by atoms with Crippen LogP contribution in [0.25, 0.3) is 0 Å². The van der Waals surface area contributed by atoms with Crippen LogP contribution in [0.2, 0.25) is 0 Å². The van der Waals surface area contributed by atoms with E-state index < -0.39 is 0 Å². The van der Waals surface area contributed by atoms with Gasteiger partial charge < -0.3 is 20.3 Å². The SMILES string of the molecule is O=C(NCC1CCN(CCN2CCOCC2)C1)Nc1ccncc1. The molecule has 1 aromatic rings. The van der Waals surface area contributed by atoms with Crippen molar-refractivity contribution in [1.82, 2.24) is 20.1 Å². The first-order chi connectivity index (χ1) is 11.8. The summed E-state index contributed by atoms with van der Waals surface area (Å²) in [6, 6.07) is 3.42. The highest BCUT2D eigenvalue weighted by atomic mass is 16.5. The van der Waals surface area contributed by atoms with Crippen LogP contribution in [0.3, 0.4) is 0 Å². The number of hydrogen-bond acceptors (Lipinski definition) is 5. The second kappa shape index (κ2) is 8.96. The minimum absolute atomic E-state index is 0.145. The maximum Gasteiger partial charge on any atom is 0.319 e. The van der Waals surface area contributed by atoms with Gasteiger partial charge in [-0.05, 0) is 31.0 Å². The second-order valence-electron chi connectivity index (χ2n) is 6.48. The van der Waals surface area contributed by atoms with Crippen molar-refractivity contribution in [3.05, 3.63) is 24.5 Å². The van der Waals surface area contributed by atoms with E-state index in [9.17, 15) is 4.79 Å². The molecule has 3 heterocycles. The molecular weight excluding hydrogens is 306 g/mol. The number of pyridine rings is 1. The molecule has 7 nitrogen and oxygen atoms in total. The van der Waals surface area contributed by atoms with E-state index in [2.05, 4.69) is 25.4 Å². The van der Waals surface area contributed by atoms with E-state index >= 15 is 0 Å². The molecular formula is C17H27N5O2. The average molecular weight is 333 g/mol. The number of rotatable bonds is 6. The summed E-state index contributed by atoms with van der Waals surface area (Å²) in [6.45, 7) is 8.97. The van der Waals surface area contributed by atoms with E-state index in [1.54, 1.807) is 24.5 Å². The largest absolute Gasteiger partial charge is 0.379 e. The molecule has 2 amide bonds. The summed E-state index contributed by atoms with van der Waals surface area (Å²) >= 11 is 0. The Hall–Kier alpha value is -1.70. The second-order valence-corrected chi connectivity index (χ2v) is 6.48. The Morgan fingerprint density at radius 2 is 1.92 bits per heavy atom. The van der Waals surface area contributed by atoms with Crippen LogP contribution in [0.15, 0.2) is 24.5 Å². The number of carbonyl (C=O) groups excluding carboxylic acids is 1. The van der Waals surface area contributed by atoms with Crippen LogP contribution < -0.4 is 10.6 Å². The number of carbonyl (C=O) groups is 1. The van der Waals surface area contributed by atoms with Crippen LogP contribution in [0.5, 0.6) is 0 Å². The zero-order chi connectivity index (χ0) is 16.6. The van der Waals surface area contributed by atoms with Gasteiger partial charge >= 0.3 is 6.03 Å². The molecule has 0 bridgehead atoms. The highest BCUT2D eigenvalue weighted by Crippen LogP contribution is 2.15. The van der Waals surface area contributed by atoms with Gasteiger partial charge in [-0.15, -0.1) is 0 Å². The summed E-state index contributed by atoms with van der Waals surface area (Å²) < 4.78 is 5.38. The molecule has 2 saturated heterocycles. The van der Waals surface area contributed by atoms with E-state index in [0.29, 0.717) is 5.92 Å². The van der Waals surface area contributed by atoms with Gasteiger partial charge in [0.15, 0.2) is 0 Å². The van der Waals surface area contributed by atoms with Gasteiger partial charge in [-0.1, -0.05) is 0 Å². The van der Waals surface area contributed by atoms with E-state index in [1.165, 1.54) is 0 Å². The topological polar surface area (TPSA) is 69.7 Å². The predicted molar refractivity (Wildman–Crippen MR) is 93.1 cm³/mol. The number of nitrogens with one attached hydrogen (secondary N) is 2. The summed E-state index contributed by atoms with van der Waals surface area (Å²) in [6.07, 6.45) is 4.48. The van der Waals surface area contributed by atoms with Crippen molar-refractivity contribution in [1.29, 1.82) is 0 Å². The third-order valence-corrected chi connectivity index (χ3v) is 4.70. The fourth-order valence-corrected chi connectivity index (χ4v) is 3.24. The molecule has 1 atom stereocenters. The molecule has 0 radical (unpaired) electrons. The molecule has 0 aliphatic carbocycles. The molecule has 3 rings (SSSR count). The van der Waals surface area contributed by atoms with Gasteiger partial charge in [-0.25, -0.2) is 4.79 Å².